The van der Waals surface area contributed by atoms with Crippen molar-refractivity contribution in [1.82, 2.24) is 10.3 Å². The predicted molar refractivity (Wildman–Crippen MR) is 75.6 cm³/mol. The molecule has 0 amide bonds. The first-order valence-electron chi connectivity index (χ1n) is 6.64. The van der Waals surface area contributed by atoms with E-state index in [0.717, 1.165) is 17.3 Å². The van der Waals surface area contributed by atoms with Gasteiger partial charge in [0.15, 0.2) is 0 Å². The fourth-order valence-electron chi connectivity index (χ4n) is 2.16. The van der Waals surface area contributed by atoms with Crippen molar-refractivity contribution < 1.29 is 8.78 Å². The van der Waals surface area contributed by atoms with Crippen molar-refractivity contribution in [3.63, 3.8) is 0 Å². The monoisotopic (exact) mass is 276 g/mol. The zero-order valence-electron chi connectivity index (χ0n) is 11.9. The molecule has 1 N–H and O–H groups in total. The smallest absolute Gasteiger partial charge is 0.131 e. The zero-order valence-corrected chi connectivity index (χ0v) is 11.9. The summed E-state index contributed by atoms with van der Waals surface area (Å²) in [5, 5.41) is 3.22. The largest absolute Gasteiger partial charge is 0.306 e. The number of benzene rings is 1. The molecule has 0 spiro atoms. The van der Waals surface area contributed by atoms with E-state index in [2.05, 4.69) is 10.3 Å². The summed E-state index contributed by atoms with van der Waals surface area (Å²) in [6, 6.07) is 5.96. The van der Waals surface area contributed by atoms with Gasteiger partial charge >= 0.3 is 0 Å². The number of hydrogen-bond acceptors (Lipinski definition) is 2. The quantitative estimate of drug-likeness (QED) is 0.921. The lowest BCUT2D eigenvalue weighted by Gasteiger charge is -2.20. The van der Waals surface area contributed by atoms with Gasteiger partial charge in [-0.3, -0.25) is 4.98 Å². The van der Waals surface area contributed by atoms with Crippen LogP contribution in [0.3, 0.4) is 0 Å². The van der Waals surface area contributed by atoms with Crippen molar-refractivity contribution in [3.8, 4) is 0 Å². The molecule has 2 rings (SSSR count). The van der Waals surface area contributed by atoms with E-state index >= 15 is 0 Å². The Morgan fingerprint density at radius 3 is 2.50 bits per heavy atom. The second kappa shape index (κ2) is 6.09. The summed E-state index contributed by atoms with van der Waals surface area (Å²) in [7, 11) is 0. The maximum Gasteiger partial charge on any atom is 0.131 e. The van der Waals surface area contributed by atoms with Crippen LogP contribution in [0.25, 0.3) is 0 Å². The van der Waals surface area contributed by atoms with Crippen LogP contribution in [0.15, 0.2) is 30.5 Å². The zero-order chi connectivity index (χ0) is 14.7. The summed E-state index contributed by atoms with van der Waals surface area (Å²) in [4.78, 5) is 4.24. The number of aryl methyl sites for hydroxylation is 2. The topological polar surface area (TPSA) is 24.9 Å². The van der Waals surface area contributed by atoms with Crippen LogP contribution in [-0.2, 0) is 0 Å². The van der Waals surface area contributed by atoms with Gasteiger partial charge in [0, 0.05) is 23.5 Å². The molecule has 1 atom stereocenters. The van der Waals surface area contributed by atoms with Crippen LogP contribution < -0.4 is 5.32 Å². The van der Waals surface area contributed by atoms with Gasteiger partial charge in [0.05, 0.1) is 6.04 Å². The lowest BCUT2D eigenvalue weighted by Crippen LogP contribution is -2.23. The molecule has 0 radical (unpaired) electrons. The van der Waals surface area contributed by atoms with Crippen molar-refractivity contribution in [2.75, 3.05) is 6.54 Å². The Morgan fingerprint density at radius 1 is 1.15 bits per heavy atom. The minimum atomic E-state index is -0.542. The molecule has 2 aromatic rings. The lowest BCUT2D eigenvalue weighted by atomic mass is 9.97. The van der Waals surface area contributed by atoms with Crippen LogP contribution in [0.1, 0.15) is 35.3 Å². The Morgan fingerprint density at radius 2 is 1.90 bits per heavy atom. The van der Waals surface area contributed by atoms with Gasteiger partial charge < -0.3 is 5.32 Å². The molecule has 0 aliphatic heterocycles. The Balaban J connectivity index is 2.48. The highest BCUT2D eigenvalue weighted by Crippen LogP contribution is 2.26. The number of pyridine rings is 1. The van der Waals surface area contributed by atoms with Gasteiger partial charge in [-0.25, -0.2) is 8.78 Å². The van der Waals surface area contributed by atoms with E-state index < -0.39 is 11.6 Å². The standard InChI is InChI=1S/C16H18F2N2/c1-4-19-16(12-6-5-11(3)20-9-12)13-7-10(2)14(17)8-15(13)18/h5-9,16,19H,4H2,1-3H3. The minimum absolute atomic E-state index is 0.326. The first kappa shape index (κ1) is 14.6. The molecule has 0 aliphatic rings. The molecular formula is C16H18F2N2. The van der Waals surface area contributed by atoms with E-state index in [1.54, 1.807) is 19.2 Å². The van der Waals surface area contributed by atoms with Crippen molar-refractivity contribution in [2.45, 2.75) is 26.8 Å². The minimum Gasteiger partial charge on any atom is -0.306 e. The molecule has 106 valence electrons. The Kier molecular flexibility index (Phi) is 4.45. The highest BCUT2D eigenvalue weighted by molar-refractivity contribution is 5.35. The third kappa shape index (κ3) is 3.02. The molecule has 1 aromatic heterocycles. The molecule has 1 aromatic carbocycles. The predicted octanol–water partition coefficient (Wildman–Crippen LogP) is 3.68. The molecule has 0 bridgehead atoms. The molecule has 0 aliphatic carbocycles. The number of nitrogens with zero attached hydrogens (tertiary/aromatic N) is 1. The Bertz CT molecular complexity index is 594. The van der Waals surface area contributed by atoms with Gasteiger partial charge in [0.1, 0.15) is 11.6 Å². The summed E-state index contributed by atoms with van der Waals surface area (Å²) in [6.07, 6.45) is 1.72. The van der Waals surface area contributed by atoms with E-state index in [4.69, 9.17) is 0 Å². The third-order valence-electron chi connectivity index (χ3n) is 3.26. The van der Waals surface area contributed by atoms with Crippen LogP contribution in [-0.4, -0.2) is 11.5 Å². The van der Waals surface area contributed by atoms with E-state index in [1.165, 1.54) is 0 Å². The molecule has 1 unspecified atom stereocenters. The van der Waals surface area contributed by atoms with E-state index in [1.807, 2.05) is 26.0 Å². The molecule has 0 saturated heterocycles. The van der Waals surface area contributed by atoms with Crippen molar-refractivity contribution >= 4 is 0 Å². The average molecular weight is 276 g/mol. The average Bonchev–Trinajstić information content (AvgIpc) is 2.42. The molecule has 2 nitrogen and oxygen atoms in total. The molecule has 0 saturated carbocycles. The second-order valence-corrected chi connectivity index (χ2v) is 4.85. The van der Waals surface area contributed by atoms with E-state index in [-0.39, 0.29) is 6.04 Å². The highest BCUT2D eigenvalue weighted by atomic mass is 19.1. The van der Waals surface area contributed by atoms with Crippen LogP contribution in [0.2, 0.25) is 0 Å². The second-order valence-electron chi connectivity index (χ2n) is 4.85. The number of nitrogens with one attached hydrogen (secondary N) is 1. The number of hydrogen-bond donors (Lipinski definition) is 1. The van der Waals surface area contributed by atoms with Crippen molar-refractivity contribution in [1.29, 1.82) is 0 Å². The van der Waals surface area contributed by atoms with Crippen molar-refractivity contribution in [2.24, 2.45) is 0 Å². The molecular weight excluding hydrogens is 258 g/mol. The normalized spacial score (nSPS) is 12.4. The van der Waals surface area contributed by atoms with Gasteiger partial charge in [0.25, 0.3) is 0 Å². The summed E-state index contributed by atoms with van der Waals surface area (Å²) in [6.45, 7) is 6.15. The number of halogens is 2. The summed E-state index contributed by atoms with van der Waals surface area (Å²) in [5.41, 5.74) is 2.64. The van der Waals surface area contributed by atoms with Gasteiger partial charge in [-0.1, -0.05) is 13.0 Å². The highest BCUT2D eigenvalue weighted by Gasteiger charge is 2.19. The molecule has 0 fully saturated rings. The van der Waals surface area contributed by atoms with Gasteiger partial charge in [0.2, 0.25) is 0 Å². The Hall–Kier alpha value is -1.81. The SMILES string of the molecule is CCNC(c1ccc(C)nc1)c1cc(C)c(F)cc1F. The summed E-state index contributed by atoms with van der Waals surface area (Å²) < 4.78 is 27.5. The Labute approximate surface area is 117 Å². The van der Waals surface area contributed by atoms with Crippen LogP contribution >= 0.6 is 0 Å². The number of rotatable bonds is 4. The van der Waals surface area contributed by atoms with Gasteiger partial charge in [-0.2, -0.15) is 0 Å². The maximum absolute atomic E-state index is 14.1. The first-order chi connectivity index (χ1) is 9.52. The first-order valence-corrected chi connectivity index (χ1v) is 6.64. The lowest BCUT2D eigenvalue weighted by molar-refractivity contribution is 0.537. The maximum atomic E-state index is 14.1. The van der Waals surface area contributed by atoms with Crippen molar-refractivity contribution in [3.05, 3.63) is 64.5 Å². The van der Waals surface area contributed by atoms with E-state index in [9.17, 15) is 8.78 Å². The third-order valence-corrected chi connectivity index (χ3v) is 3.26. The van der Waals surface area contributed by atoms with Crippen LogP contribution in [0.5, 0.6) is 0 Å². The van der Waals surface area contributed by atoms with Gasteiger partial charge in [-0.05, 0) is 43.7 Å². The fraction of sp³-hybridized carbons (Fsp3) is 0.312. The molecule has 4 heteroatoms. The molecule has 1 heterocycles. The van der Waals surface area contributed by atoms with Crippen LogP contribution in [0, 0.1) is 25.5 Å². The summed E-state index contributed by atoms with van der Waals surface area (Å²) >= 11 is 0. The van der Waals surface area contributed by atoms with Gasteiger partial charge in [-0.15, -0.1) is 0 Å². The fourth-order valence-corrected chi connectivity index (χ4v) is 2.16. The number of aromatic nitrogens is 1. The molecule has 20 heavy (non-hydrogen) atoms. The summed E-state index contributed by atoms with van der Waals surface area (Å²) in [5.74, 6) is -1.07. The van der Waals surface area contributed by atoms with Crippen LogP contribution in [0.4, 0.5) is 8.78 Å². The van der Waals surface area contributed by atoms with E-state index in [0.29, 0.717) is 17.7 Å².